The number of amides is 1. The second-order valence-corrected chi connectivity index (χ2v) is 3.06. The number of nitrogens with one attached hydrogen (secondary N) is 1. The highest BCUT2D eigenvalue weighted by molar-refractivity contribution is 6.33. The molecule has 0 bridgehead atoms. The Bertz CT molecular complexity index is 484. The summed E-state index contributed by atoms with van der Waals surface area (Å²) in [6.07, 6.45) is 0.462. The third-order valence-corrected chi connectivity index (χ3v) is 2.04. The number of benzene rings is 1. The summed E-state index contributed by atoms with van der Waals surface area (Å²) in [7, 11) is 0. The van der Waals surface area contributed by atoms with Crippen molar-refractivity contribution in [3.8, 4) is 11.5 Å². The highest BCUT2D eigenvalue weighted by Gasteiger charge is 2.10. The number of carbonyl (C=O) groups excluding carboxylic acids is 1. The largest absolute Gasteiger partial charge is 0.403 e. The normalized spacial score (nSPS) is 9.93. The van der Waals surface area contributed by atoms with Gasteiger partial charge in [-0.2, -0.15) is 0 Å². The first-order valence-corrected chi connectivity index (χ1v) is 4.47. The standard InChI is InChI=1S/C9H6ClN3O2/c10-7-4-2-1-3-6(7)8-12-13-9(15-8)11-5-14/h1-5H,(H,11,13,14). The van der Waals surface area contributed by atoms with Crippen LogP contribution >= 0.6 is 11.6 Å². The molecule has 0 unspecified atom stereocenters. The third-order valence-electron chi connectivity index (χ3n) is 1.71. The molecule has 0 saturated carbocycles. The van der Waals surface area contributed by atoms with Crippen molar-refractivity contribution in [2.45, 2.75) is 0 Å². The lowest BCUT2D eigenvalue weighted by Gasteiger charge is -1.96. The summed E-state index contributed by atoms with van der Waals surface area (Å²) in [6.45, 7) is 0. The van der Waals surface area contributed by atoms with Gasteiger partial charge in [0.1, 0.15) is 0 Å². The first-order chi connectivity index (χ1) is 7.31. The zero-order chi connectivity index (χ0) is 10.7. The zero-order valence-electron chi connectivity index (χ0n) is 7.48. The monoisotopic (exact) mass is 223 g/mol. The van der Waals surface area contributed by atoms with Crippen molar-refractivity contribution in [2.24, 2.45) is 0 Å². The topological polar surface area (TPSA) is 68.0 Å². The van der Waals surface area contributed by atoms with Crippen molar-refractivity contribution in [1.29, 1.82) is 0 Å². The fraction of sp³-hybridized carbons (Fsp3) is 0. The van der Waals surface area contributed by atoms with Crippen LogP contribution in [-0.4, -0.2) is 16.6 Å². The maximum Gasteiger partial charge on any atom is 0.322 e. The molecule has 0 aliphatic carbocycles. The Kier molecular flexibility index (Phi) is 2.64. The predicted octanol–water partition coefficient (Wildman–Crippen LogP) is 1.96. The molecule has 0 fully saturated rings. The molecule has 6 heteroatoms. The molecule has 1 amide bonds. The van der Waals surface area contributed by atoms with Gasteiger partial charge in [-0.05, 0) is 12.1 Å². The number of hydrogen-bond donors (Lipinski definition) is 1. The van der Waals surface area contributed by atoms with Crippen LogP contribution in [0.25, 0.3) is 11.5 Å². The number of carbonyl (C=O) groups is 1. The Morgan fingerprint density at radius 3 is 2.87 bits per heavy atom. The maximum atomic E-state index is 10.1. The van der Waals surface area contributed by atoms with Gasteiger partial charge in [0.15, 0.2) is 0 Å². The molecule has 0 saturated heterocycles. The molecule has 0 aliphatic rings. The number of nitrogens with zero attached hydrogens (tertiary/aromatic N) is 2. The lowest BCUT2D eigenvalue weighted by molar-refractivity contribution is -0.105. The average Bonchev–Trinajstić information content (AvgIpc) is 2.68. The predicted molar refractivity (Wildman–Crippen MR) is 54.4 cm³/mol. The molecule has 2 aromatic rings. The highest BCUT2D eigenvalue weighted by Crippen LogP contribution is 2.26. The molecule has 1 heterocycles. The van der Waals surface area contributed by atoms with Crippen LogP contribution in [0.1, 0.15) is 0 Å². The Morgan fingerprint density at radius 2 is 2.13 bits per heavy atom. The molecule has 1 N–H and O–H groups in total. The summed E-state index contributed by atoms with van der Waals surface area (Å²) in [4.78, 5) is 10.1. The van der Waals surface area contributed by atoms with Gasteiger partial charge in [-0.25, -0.2) is 0 Å². The minimum absolute atomic E-state index is 0.0416. The molecule has 5 nitrogen and oxygen atoms in total. The van der Waals surface area contributed by atoms with Gasteiger partial charge in [-0.3, -0.25) is 10.1 Å². The number of aromatic nitrogens is 2. The quantitative estimate of drug-likeness (QED) is 0.808. The van der Waals surface area contributed by atoms with Crippen molar-refractivity contribution in [3.63, 3.8) is 0 Å². The van der Waals surface area contributed by atoms with E-state index in [1.54, 1.807) is 24.3 Å². The van der Waals surface area contributed by atoms with Crippen molar-refractivity contribution in [3.05, 3.63) is 29.3 Å². The molecular weight excluding hydrogens is 218 g/mol. The Morgan fingerprint density at radius 1 is 1.33 bits per heavy atom. The first kappa shape index (κ1) is 9.67. The summed E-state index contributed by atoms with van der Waals surface area (Å²) in [5.74, 6) is 0.268. The summed E-state index contributed by atoms with van der Waals surface area (Å²) in [6, 6.07) is 7.11. The summed E-state index contributed by atoms with van der Waals surface area (Å²) in [5.41, 5.74) is 0.630. The van der Waals surface area contributed by atoms with Gasteiger partial charge in [0.05, 0.1) is 10.6 Å². The SMILES string of the molecule is O=CNc1nnc(-c2ccccc2Cl)o1. The molecule has 2 rings (SSSR count). The van der Waals surface area contributed by atoms with Crippen molar-refractivity contribution in [1.82, 2.24) is 10.2 Å². The number of rotatable bonds is 3. The fourth-order valence-corrected chi connectivity index (χ4v) is 1.29. The maximum absolute atomic E-state index is 10.1. The summed E-state index contributed by atoms with van der Waals surface area (Å²) < 4.78 is 5.14. The fourth-order valence-electron chi connectivity index (χ4n) is 1.08. The number of halogens is 1. The lowest BCUT2D eigenvalue weighted by atomic mass is 10.2. The number of hydrogen-bond acceptors (Lipinski definition) is 4. The van der Waals surface area contributed by atoms with E-state index < -0.39 is 0 Å². The van der Waals surface area contributed by atoms with Crippen LogP contribution < -0.4 is 5.32 Å². The molecule has 0 atom stereocenters. The third kappa shape index (κ3) is 1.97. The van der Waals surface area contributed by atoms with Gasteiger partial charge < -0.3 is 4.42 Å². The highest BCUT2D eigenvalue weighted by atomic mass is 35.5. The van der Waals surface area contributed by atoms with E-state index in [1.165, 1.54) is 0 Å². The van der Waals surface area contributed by atoms with Crippen LogP contribution in [0.2, 0.25) is 5.02 Å². The van der Waals surface area contributed by atoms with Crippen molar-refractivity contribution in [2.75, 3.05) is 5.32 Å². The minimum Gasteiger partial charge on any atom is -0.403 e. The molecule has 0 aliphatic heterocycles. The van der Waals surface area contributed by atoms with Gasteiger partial charge in [0, 0.05) is 0 Å². The van der Waals surface area contributed by atoms with Crippen molar-refractivity contribution < 1.29 is 9.21 Å². The Hall–Kier alpha value is -1.88. The van der Waals surface area contributed by atoms with Crippen LogP contribution in [0.5, 0.6) is 0 Å². The molecule has 76 valence electrons. The minimum atomic E-state index is 0.0416. The van der Waals surface area contributed by atoms with E-state index >= 15 is 0 Å². The molecule has 15 heavy (non-hydrogen) atoms. The van der Waals surface area contributed by atoms with Gasteiger partial charge >= 0.3 is 6.01 Å². The van der Waals surface area contributed by atoms with E-state index in [2.05, 4.69) is 15.5 Å². The van der Waals surface area contributed by atoms with Gasteiger partial charge in [0.2, 0.25) is 6.41 Å². The van der Waals surface area contributed by atoms with Gasteiger partial charge in [-0.15, -0.1) is 5.10 Å². The van der Waals surface area contributed by atoms with Crippen LogP contribution in [0, 0.1) is 0 Å². The molecule has 0 radical (unpaired) electrons. The van der Waals surface area contributed by atoms with E-state index in [0.717, 1.165) is 0 Å². The Labute approximate surface area is 90.1 Å². The first-order valence-electron chi connectivity index (χ1n) is 4.10. The average molecular weight is 224 g/mol. The summed E-state index contributed by atoms with van der Waals surface area (Å²) >= 11 is 5.93. The van der Waals surface area contributed by atoms with Gasteiger partial charge in [0.25, 0.3) is 5.89 Å². The molecular formula is C9H6ClN3O2. The molecule has 0 spiro atoms. The second-order valence-electron chi connectivity index (χ2n) is 2.65. The van der Waals surface area contributed by atoms with Gasteiger partial charge in [-0.1, -0.05) is 28.8 Å². The smallest absolute Gasteiger partial charge is 0.322 e. The van der Waals surface area contributed by atoms with Crippen LogP contribution in [0.15, 0.2) is 28.7 Å². The van der Waals surface area contributed by atoms with E-state index in [0.29, 0.717) is 17.0 Å². The Balaban J connectivity index is 2.37. The van der Waals surface area contributed by atoms with E-state index in [9.17, 15) is 4.79 Å². The second kappa shape index (κ2) is 4.10. The zero-order valence-corrected chi connectivity index (χ0v) is 8.23. The molecule has 1 aromatic heterocycles. The lowest BCUT2D eigenvalue weighted by Crippen LogP contribution is -1.92. The van der Waals surface area contributed by atoms with Crippen LogP contribution in [0.3, 0.4) is 0 Å². The summed E-state index contributed by atoms with van der Waals surface area (Å²) in [5, 5.41) is 10.1. The van der Waals surface area contributed by atoms with Crippen LogP contribution in [0.4, 0.5) is 6.01 Å². The van der Waals surface area contributed by atoms with E-state index in [-0.39, 0.29) is 11.9 Å². The van der Waals surface area contributed by atoms with E-state index in [4.69, 9.17) is 16.0 Å². The van der Waals surface area contributed by atoms with Crippen molar-refractivity contribution >= 4 is 24.0 Å². The van der Waals surface area contributed by atoms with Crippen LogP contribution in [-0.2, 0) is 4.79 Å². The van der Waals surface area contributed by atoms with E-state index in [1.807, 2.05) is 0 Å². The molecule has 1 aromatic carbocycles. The number of anilines is 1.